The maximum Gasteiger partial charge on any atom is 0.0910 e. The largest absolute Gasteiger partial charge is 0.385 e. The summed E-state index contributed by atoms with van der Waals surface area (Å²) in [5.41, 5.74) is 0.813. The molecule has 2 aliphatic carbocycles. The van der Waals surface area contributed by atoms with Gasteiger partial charge in [-0.05, 0) is 31.3 Å². The Morgan fingerprint density at radius 3 is 2.36 bits per heavy atom. The fraction of sp³-hybridized carbons (Fsp3) is 0.800. The van der Waals surface area contributed by atoms with Crippen molar-refractivity contribution in [3.8, 4) is 0 Å². The summed E-state index contributed by atoms with van der Waals surface area (Å²) in [6, 6.07) is 0. The highest BCUT2D eigenvalue weighted by Gasteiger charge is 2.57. The second-order valence-electron chi connectivity index (χ2n) is 4.58. The van der Waals surface area contributed by atoms with Crippen LogP contribution in [0, 0.1) is 11.3 Å². The molecule has 1 nitrogen and oxygen atoms in total. The van der Waals surface area contributed by atoms with Gasteiger partial charge in [-0.2, -0.15) is 0 Å². The predicted octanol–water partition coefficient (Wildman–Crippen LogP) is 2.11. The van der Waals surface area contributed by atoms with Crippen LogP contribution in [0.25, 0.3) is 0 Å². The summed E-state index contributed by atoms with van der Waals surface area (Å²) in [7, 11) is 0. The Balaban J connectivity index is 2.49. The van der Waals surface area contributed by atoms with Gasteiger partial charge in [0.2, 0.25) is 0 Å². The molecule has 11 heavy (non-hydrogen) atoms. The Labute approximate surface area is 68.1 Å². The van der Waals surface area contributed by atoms with Crippen LogP contribution >= 0.6 is 0 Å². The molecule has 0 spiro atoms. The van der Waals surface area contributed by atoms with E-state index in [1.54, 1.807) is 0 Å². The monoisotopic (exact) mass is 152 g/mol. The second-order valence-corrected chi connectivity index (χ2v) is 4.58. The number of rotatable bonds is 0. The molecule has 0 saturated heterocycles. The third kappa shape index (κ3) is 0.610. The van der Waals surface area contributed by atoms with Crippen molar-refractivity contribution in [3.05, 3.63) is 11.6 Å². The van der Waals surface area contributed by atoms with Gasteiger partial charge in [-0.3, -0.25) is 0 Å². The molecule has 62 valence electrons. The number of fused-ring (bicyclic) bond motifs is 2. The van der Waals surface area contributed by atoms with Crippen molar-refractivity contribution in [1.29, 1.82) is 0 Å². The van der Waals surface area contributed by atoms with Crippen molar-refractivity contribution in [2.75, 3.05) is 0 Å². The van der Waals surface area contributed by atoms with Gasteiger partial charge in [0.15, 0.2) is 0 Å². The maximum absolute atomic E-state index is 10.3. The van der Waals surface area contributed by atoms with E-state index in [4.69, 9.17) is 0 Å². The van der Waals surface area contributed by atoms with Crippen molar-refractivity contribution < 1.29 is 5.11 Å². The lowest BCUT2D eigenvalue weighted by Crippen LogP contribution is -2.39. The van der Waals surface area contributed by atoms with Crippen molar-refractivity contribution in [3.63, 3.8) is 0 Å². The van der Waals surface area contributed by atoms with Crippen LogP contribution in [0.15, 0.2) is 11.6 Å². The molecule has 1 N–H and O–H groups in total. The van der Waals surface area contributed by atoms with E-state index in [1.165, 1.54) is 12.0 Å². The lowest BCUT2D eigenvalue weighted by Gasteiger charge is -2.34. The van der Waals surface area contributed by atoms with E-state index in [0.717, 1.165) is 6.42 Å². The molecule has 2 atom stereocenters. The molecule has 2 rings (SSSR count). The van der Waals surface area contributed by atoms with Crippen molar-refractivity contribution in [2.24, 2.45) is 11.3 Å². The van der Waals surface area contributed by atoms with E-state index in [0.29, 0.717) is 5.92 Å². The van der Waals surface area contributed by atoms with Crippen molar-refractivity contribution in [1.82, 2.24) is 0 Å². The van der Waals surface area contributed by atoms with Crippen LogP contribution in [0.2, 0.25) is 0 Å². The number of hydrogen-bond donors (Lipinski definition) is 1. The van der Waals surface area contributed by atoms with Crippen molar-refractivity contribution >= 4 is 0 Å². The van der Waals surface area contributed by atoms with Gasteiger partial charge in [-0.15, -0.1) is 0 Å². The van der Waals surface area contributed by atoms with E-state index in [9.17, 15) is 5.11 Å². The first kappa shape index (κ1) is 7.35. The molecule has 1 heteroatoms. The SMILES string of the molecule is CC1=C[C@@H]2CC[C@@]1(O)C2(C)C. The second kappa shape index (κ2) is 1.71. The first-order valence-corrected chi connectivity index (χ1v) is 4.40. The van der Waals surface area contributed by atoms with Crippen LogP contribution in [0.3, 0.4) is 0 Å². The molecule has 2 bridgehead atoms. The molecule has 0 radical (unpaired) electrons. The summed E-state index contributed by atoms with van der Waals surface area (Å²) in [5.74, 6) is 0.618. The van der Waals surface area contributed by atoms with E-state index < -0.39 is 5.60 Å². The fourth-order valence-corrected chi connectivity index (χ4v) is 2.79. The summed E-state index contributed by atoms with van der Waals surface area (Å²) < 4.78 is 0. The average Bonchev–Trinajstić information content (AvgIpc) is 2.20. The Morgan fingerprint density at radius 2 is 2.18 bits per heavy atom. The van der Waals surface area contributed by atoms with Crippen LogP contribution in [0.4, 0.5) is 0 Å². The topological polar surface area (TPSA) is 20.2 Å². The molecule has 0 aromatic rings. The minimum atomic E-state index is -0.475. The smallest absolute Gasteiger partial charge is 0.0910 e. The highest BCUT2D eigenvalue weighted by atomic mass is 16.3. The lowest BCUT2D eigenvalue weighted by molar-refractivity contribution is -0.00613. The standard InChI is InChI=1S/C10H16O/c1-7-6-8-4-5-10(7,11)9(8,2)3/h6,8,11H,4-5H2,1-3H3/t8-,10-/m0/s1. The Kier molecular flexibility index (Phi) is 1.15. The van der Waals surface area contributed by atoms with Gasteiger partial charge >= 0.3 is 0 Å². The van der Waals surface area contributed by atoms with E-state index >= 15 is 0 Å². The van der Waals surface area contributed by atoms with E-state index in [2.05, 4.69) is 26.8 Å². The van der Waals surface area contributed by atoms with Gasteiger partial charge in [-0.25, -0.2) is 0 Å². The summed E-state index contributed by atoms with van der Waals surface area (Å²) in [5, 5.41) is 10.3. The first-order valence-electron chi connectivity index (χ1n) is 4.40. The Bertz CT molecular complexity index is 227. The predicted molar refractivity (Wildman–Crippen MR) is 45.2 cm³/mol. The van der Waals surface area contributed by atoms with Gasteiger partial charge in [-0.1, -0.05) is 19.9 Å². The van der Waals surface area contributed by atoms with Gasteiger partial charge in [0, 0.05) is 5.41 Å². The molecular formula is C10H16O. The Hall–Kier alpha value is -0.300. The molecule has 0 aliphatic heterocycles. The lowest BCUT2D eigenvalue weighted by atomic mass is 9.76. The highest BCUT2D eigenvalue weighted by molar-refractivity contribution is 5.33. The number of aliphatic hydroxyl groups is 1. The third-order valence-corrected chi connectivity index (χ3v) is 3.91. The van der Waals surface area contributed by atoms with E-state index in [-0.39, 0.29) is 5.41 Å². The molecule has 1 fully saturated rings. The molecule has 1 saturated carbocycles. The molecule has 0 aromatic heterocycles. The number of allylic oxidation sites excluding steroid dienone is 1. The normalized spacial score (nSPS) is 46.2. The Morgan fingerprint density at radius 1 is 1.55 bits per heavy atom. The zero-order valence-electron chi connectivity index (χ0n) is 7.52. The van der Waals surface area contributed by atoms with Crippen LogP contribution in [0.5, 0.6) is 0 Å². The van der Waals surface area contributed by atoms with Gasteiger partial charge < -0.3 is 5.11 Å². The highest BCUT2D eigenvalue weighted by Crippen LogP contribution is 2.59. The molecule has 0 heterocycles. The third-order valence-electron chi connectivity index (χ3n) is 3.91. The van der Waals surface area contributed by atoms with Crippen LogP contribution in [-0.2, 0) is 0 Å². The fourth-order valence-electron chi connectivity index (χ4n) is 2.79. The maximum atomic E-state index is 10.3. The molecular weight excluding hydrogens is 136 g/mol. The summed E-state index contributed by atoms with van der Waals surface area (Å²) in [4.78, 5) is 0. The van der Waals surface area contributed by atoms with Gasteiger partial charge in [0.25, 0.3) is 0 Å². The van der Waals surface area contributed by atoms with Crippen LogP contribution in [-0.4, -0.2) is 10.7 Å². The quantitative estimate of drug-likeness (QED) is 0.527. The average molecular weight is 152 g/mol. The zero-order valence-corrected chi connectivity index (χ0v) is 7.52. The summed E-state index contributed by atoms with van der Waals surface area (Å²) in [6.07, 6.45) is 4.39. The molecule has 2 aliphatic rings. The van der Waals surface area contributed by atoms with Gasteiger partial charge in [0.05, 0.1) is 5.60 Å². The minimum Gasteiger partial charge on any atom is -0.385 e. The van der Waals surface area contributed by atoms with Crippen LogP contribution < -0.4 is 0 Å². The van der Waals surface area contributed by atoms with E-state index in [1.807, 2.05) is 0 Å². The summed E-state index contributed by atoms with van der Waals surface area (Å²) >= 11 is 0. The van der Waals surface area contributed by atoms with Crippen molar-refractivity contribution in [2.45, 2.75) is 39.2 Å². The van der Waals surface area contributed by atoms with Gasteiger partial charge in [0.1, 0.15) is 0 Å². The first-order chi connectivity index (χ1) is 4.98. The van der Waals surface area contributed by atoms with Crippen LogP contribution in [0.1, 0.15) is 33.6 Å². The molecule has 0 unspecified atom stereocenters. The molecule has 0 amide bonds. The summed E-state index contributed by atoms with van der Waals surface area (Å²) in [6.45, 7) is 6.41. The zero-order chi connectivity index (χ0) is 8.28. The number of hydrogen-bond acceptors (Lipinski definition) is 1. The molecule has 0 aromatic carbocycles. The minimum absolute atomic E-state index is 0.0943.